The summed E-state index contributed by atoms with van der Waals surface area (Å²) in [6.45, 7) is 7.48. The molecular formula is C25H29N5. The summed E-state index contributed by atoms with van der Waals surface area (Å²) in [5, 5.41) is 5.05. The van der Waals surface area contributed by atoms with Crippen molar-refractivity contribution in [1.82, 2.24) is 24.0 Å². The van der Waals surface area contributed by atoms with Crippen LogP contribution in [0.15, 0.2) is 60.8 Å². The summed E-state index contributed by atoms with van der Waals surface area (Å²) >= 11 is 0. The van der Waals surface area contributed by atoms with E-state index in [0.717, 1.165) is 38.4 Å². The standard InChI is InChI=1S/C25H29N5/c1-19-9-11-20(12-10-19)23-18-30-25(28(23)3)22(17-29-15-13-27(2)14-16-29)24(26-30)21-7-5-4-6-8-21/h4-12,18H,13-17H2,1-3H3. The minimum atomic E-state index is 0.923. The van der Waals surface area contributed by atoms with Gasteiger partial charge in [0.05, 0.1) is 17.6 Å². The Balaban J connectivity index is 1.62. The van der Waals surface area contributed by atoms with Crippen LogP contribution in [0.25, 0.3) is 28.2 Å². The van der Waals surface area contributed by atoms with E-state index in [9.17, 15) is 0 Å². The van der Waals surface area contributed by atoms with Gasteiger partial charge in [-0.25, -0.2) is 4.52 Å². The van der Waals surface area contributed by atoms with E-state index < -0.39 is 0 Å². The summed E-state index contributed by atoms with van der Waals surface area (Å²) in [6, 6.07) is 19.3. The topological polar surface area (TPSA) is 28.7 Å². The van der Waals surface area contributed by atoms with Crippen molar-refractivity contribution < 1.29 is 0 Å². The molecule has 5 heteroatoms. The molecule has 5 nitrogen and oxygen atoms in total. The van der Waals surface area contributed by atoms with Gasteiger partial charge in [0, 0.05) is 50.9 Å². The van der Waals surface area contributed by atoms with Crippen molar-refractivity contribution in [2.45, 2.75) is 13.5 Å². The fraction of sp³-hybridized carbons (Fsp3) is 0.320. The predicted octanol–water partition coefficient (Wildman–Crippen LogP) is 4.06. The summed E-state index contributed by atoms with van der Waals surface area (Å²) in [7, 11) is 4.37. The van der Waals surface area contributed by atoms with Gasteiger partial charge in [-0.2, -0.15) is 5.10 Å². The van der Waals surface area contributed by atoms with E-state index in [2.05, 4.69) is 101 Å². The summed E-state index contributed by atoms with van der Waals surface area (Å²) in [5.41, 5.74) is 8.46. The molecule has 1 aliphatic heterocycles. The third-order valence-electron chi connectivity index (χ3n) is 6.28. The second-order valence-electron chi connectivity index (χ2n) is 8.48. The van der Waals surface area contributed by atoms with Crippen LogP contribution in [0, 0.1) is 6.92 Å². The van der Waals surface area contributed by atoms with Crippen LogP contribution in [-0.4, -0.2) is 57.2 Å². The number of hydrogen-bond acceptors (Lipinski definition) is 3. The van der Waals surface area contributed by atoms with Crippen molar-refractivity contribution >= 4 is 5.65 Å². The molecule has 4 aromatic rings. The zero-order valence-corrected chi connectivity index (χ0v) is 18.0. The molecule has 0 unspecified atom stereocenters. The van der Waals surface area contributed by atoms with E-state index in [1.54, 1.807) is 0 Å². The number of imidazole rings is 1. The number of nitrogens with zero attached hydrogens (tertiary/aromatic N) is 5. The van der Waals surface area contributed by atoms with Crippen LogP contribution >= 0.6 is 0 Å². The van der Waals surface area contributed by atoms with Crippen molar-refractivity contribution in [3.63, 3.8) is 0 Å². The third kappa shape index (κ3) is 3.44. The minimum Gasteiger partial charge on any atom is -0.327 e. The Morgan fingerprint density at radius 2 is 1.53 bits per heavy atom. The second kappa shape index (κ2) is 7.74. The number of aryl methyl sites for hydroxylation is 2. The zero-order chi connectivity index (χ0) is 20.7. The smallest absolute Gasteiger partial charge is 0.141 e. The lowest BCUT2D eigenvalue weighted by atomic mass is 10.1. The fourth-order valence-corrected chi connectivity index (χ4v) is 4.42. The average Bonchev–Trinajstić information content (AvgIpc) is 3.28. The van der Waals surface area contributed by atoms with E-state index >= 15 is 0 Å². The summed E-state index contributed by atoms with van der Waals surface area (Å²) in [5.74, 6) is 0. The Hall–Kier alpha value is -2.89. The molecule has 0 spiro atoms. The molecule has 2 aromatic heterocycles. The SMILES string of the molecule is Cc1ccc(-c2cn3nc(-c4ccccc4)c(CN4CCN(C)CC4)c3n2C)cc1. The van der Waals surface area contributed by atoms with Crippen molar-refractivity contribution in [3.05, 3.63) is 71.9 Å². The fourth-order valence-electron chi connectivity index (χ4n) is 4.42. The Kier molecular flexibility index (Phi) is 4.93. The molecule has 1 aliphatic rings. The maximum atomic E-state index is 5.05. The number of rotatable bonds is 4. The molecule has 0 aliphatic carbocycles. The first-order valence-electron chi connectivity index (χ1n) is 10.7. The highest BCUT2D eigenvalue weighted by atomic mass is 15.3. The summed E-state index contributed by atoms with van der Waals surface area (Å²) in [4.78, 5) is 4.96. The van der Waals surface area contributed by atoms with Crippen LogP contribution in [0.4, 0.5) is 0 Å². The van der Waals surface area contributed by atoms with Crippen molar-refractivity contribution in [3.8, 4) is 22.5 Å². The lowest BCUT2D eigenvalue weighted by molar-refractivity contribution is 0.148. The molecule has 0 N–H and O–H groups in total. The number of aromatic nitrogens is 3. The first kappa shape index (κ1) is 19.1. The minimum absolute atomic E-state index is 0.923. The molecule has 1 saturated heterocycles. The maximum absolute atomic E-state index is 5.05. The molecule has 30 heavy (non-hydrogen) atoms. The molecule has 0 amide bonds. The Labute approximate surface area is 178 Å². The van der Waals surface area contributed by atoms with E-state index in [1.807, 2.05) is 0 Å². The molecular weight excluding hydrogens is 370 g/mol. The molecule has 1 fully saturated rings. The Bertz CT molecular complexity index is 1150. The van der Waals surface area contributed by atoms with Crippen LogP contribution in [0.1, 0.15) is 11.1 Å². The summed E-state index contributed by atoms with van der Waals surface area (Å²) < 4.78 is 4.37. The lowest BCUT2D eigenvalue weighted by Gasteiger charge is -2.32. The Morgan fingerprint density at radius 1 is 0.833 bits per heavy atom. The van der Waals surface area contributed by atoms with Gasteiger partial charge >= 0.3 is 0 Å². The molecule has 2 aromatic carbocycles. The largest absolute Gasteiger partial charge is 0.327 e. The van der Waals surface area contributed by atoms with E-state index in [4.69, 9.17) is 5.10 Å². The van der Waals surface area contributed by atoms with Crippen molar-refractivity contribution in [1.29, 1.82) is 0 Å². The average molecular weight is 400 g/mol. The first-order valence-corrected chi connectivity index (χ1v) is 10.7. The quantitative estimate of drug-likeness (QED) is 0.518. The van der Waals surface area contributed by atoms with Gasteiger partial charge in [0.25, 0.3) is 0 Å². The van der Waals surface area contributed by atoms with Gasteiger partial charge in [-0.1, -0.05) is 60.2 Å². The van der Waals surface area contributed by atoms with Crippen molar-refractivity contribution in [2.75, 3.05) is 33.2 Å². The third-order valence-corrected chi connectivity index (χ3v) is 6.28. The monoisotopic (exact) mass is 399 g/mol. The van der Waals surface area contributed by atoms with Gasteiger partial charge in [0.15, 0.2) is 0 Å². The Morgan fingerprint density at radius 3 is 2.23 bits per heavy atom. The number of likely N-dealkylation sites (N-methyl/N-ethyl adjacent to an activating group) is 1. The zero-order valence-electron chi connectivity index (χ0n) is 18.0. The highest BCUT2D eigenvalue weighted by Crippen LogP contribution is 2.31. The molecule has 0 saturated carbocycles. The number of piperazine rings is 1. The number of fused-ring (bicyclic) bond motifs is 1. The second-order valence-corrected chi connectivity index (χ2v) is 8.48. The van der Waals surface area contributed by atoms with Crippen molar-refractivity contribution in [2.24, 2.45) is 7.05 Å². The van der Waals surface area contributed by atoms with E-state index in [-0.39, 0.29) is 0 Å². The first-order chi connectivity index (χ1) is 14.6. The highest BCUT2D eigenvalue weighted by molar-refractivity contribution is 5.74. The van der Waals surface area contributed by atoms with Gasteiger partial charge in [0.1, 0.15) is 5.65 Å². The molecule has 3 heterocycles. The number of benzene rings is 2. The van der Waals surface area contributed by atoms with Gasteiger partial charge in [-0.05, 0) is 19.5 Å². The number of hydrogen-bond donors (Lipinski definition) is 0. The van der Waals surface area contributed by atoms with Crippen LogP contribution < -0.4 is 0 Å². The molecule has 154 valence electrons. The van der Waals surface area contributed by atoms with Gasteiger partial charge in [-0.3, -0.25) is 4.90 Å². The van der Waals surface area contributed by atoms with Crippen LogP contribution in [0.2, 0.25) is 0 Å². The predicted molar refractivity (Wildman–Crippen MR) is 123 cm³/mol. The van der Waals surface area contributed by atoms with E-state index in [0.29, 0.717) is 0 Å². The normalized spacial score (nSPS) is 15.8. The van der Waals surface area contributed by atoms with Gasteiger partial charge in [0.2, 0.25) is 0 Å². The molecule has 0 bridgehead atoms. The molecule has 5 rings (SSSR count). The van der Waals surface area contributed by atoms with Gasteiger partial charge < -0.3 is 9.47 Å². The maximum Gasteiger partial charge on any atom is 0.141 e. The van der Waals surface area contributed by atoms with Crippen LogP contribution in [0.5, 0.6) is 0 Å². The summed E-state index contributed by atoms with van der Waals surface area (Å²) in [6.07, 6.45) is 2.17. The molecule has 0 atom stereocenters. The van der Waals surface area contributed by atoms with E-state index in [1.165, 1.54) is 33.6 Å². The lowest BCUT2D eigenvalue weighted by Crippen LogP contribution is -2.43. The molecule has 0 radical (unpaired) electrons. The highest BCUT2D eigenvalue weighted by Gasteiger charge is 2.23. The van der Waals surface area contributed by atoms with Gasteiger partial charge in [-0.15, -0.1) is 0 Å². The van der Waals surface area contributed by atoms with Crippen LogP contribution in [-0.2, 0) is 13.6 Å². The van der Waals surface area contributed by atoms with Crippen LogP contribution in [0.3, 0.4) is 0 Å².